The minimum atomic E-state index is -0.413. The molecule has 0 spiro atoms. The van der Waals surface area contributed by atoms with Gasteiger partial charge in [-0.3, -0.25) is 10.1 Å². The molecule has 18 heavy (non-hydrogen) atoms. The zero-order valence-corrected chi connectivity index (χ0v) is 10.4. The number of anilines is 1. The van der Waals surface area contributed by atoms with Crippen LogP contribution >= 0.6 is 11.3 Å². The van der Waals surface area contributed by atoms with E-state index in [9.17, 15) is 9.18 Å². The van der Waals surface area contributed by atoms with Crippen molar-refractivity contribution in [3.63, 3.8) is 0 Å². The van der Waals surface area contributed by atoms with Gasteiger partial charge in [0.2, 0.25) is 0 Å². The Bertz CT molecular complexity index is 587. The van der Waals surface area contributed by atoms with E-state index in [1.807, 2.05) is 0 Å². The van der Waals surface area contributed by atoms with Gasteiger partial charge in [-0.05, 0) is 37.5 Å². The predicted molar refractivity (Wildman–Crippen MR) is 68.5 cm³/mol. The van der Waals surface area contributed by atoms with Crippen LogP contribution in [0, 0.1) is 5.82 Å². The van der Waals surface area contributed by atoms with Crippen LogP contribution in [0.5, 0.6) is 0 Å². The Morgan fingerprint density at radius 2 is 2.28 bits per heavy atom. The zero-order valence-electron chi connectivity index (χ0n) is 9.57. The lowest BCUT2D eigenvalue weighted by molar-refractivity contribution is 0.102. The molecule has 0 saturated carbocycles. The molecule has 0 atom stereocenters. The van der Waals surface area contributed by atoms with Gasteiger partial charge in [-0.1, -0.05) is 6.07 Å². The molecule has 1 aromatic carbocycles. The van der Waals surface area contributed by atoms with Crippen molar-refractivity contribution in [3.8, 4) is 0 Å². The van der Waals surface area contributed by atoms with E-state index < -0.39 is 5.82 Å². The Labute approximate surface area is 108 Å². The Morgan fingerprint density at radius 3 is 3.06 bits per heavy atom. The molecule has 1 amide bonds. The van der Waals surface area contributed by atoms with Crippen LogP contribution in [-0.2, 0) is 12.8 Å². The molecule has 5 heteroatoms. The number of aromatic nitrogens is 1. The van der Waals surface area contributed by atoms with Gasteiger partial charge in [0.15, 0.2) is 5.13 Å². The highest BCUT2D eigenvalue weighted by Crippen LogP contribution is 2.30. The van der Waals surface area contributed by atoms with Crippen LogP contribution in [0.25, 0.3) is 0 Å². The summed E-state index contributed by atoms with van der Waals surface area (Å²) in [5.41, 5.74) is 1.40. The molecule has 1 heterocycles. The van der Waals surface area contributed by atoms with Crippen molar-refractivity contribution < 1.29 is 9.18 Å². The molecule has 0 bridgehead atoms. The van der Waals surface area contributed by atoms with Crippen molar-refractivity contribution in [2.45, 2.75) is 19.3 Å². The number of hydrogen-bond donors (Lipinski definition) is 1. The third-order valence-electron chi connectivity index (χ3n) is 2.90. The molecular formula is C13H11FN2OS. The second-order valence-electron chi connectivity index (χ2n) is 4.21. The second kappa shape index (κ2) is 4.49. The van der Waals surface area contributed by atoms with Crippen molar-refractivity contribution in [1.29, 1.82) is 0 Å². The predicted octanol–water partition coefficient (Wildman–Crippen LogP) is 3.02. The third kappa shape index (κ3) is 2.13. The first kappa shape index (κ1) is 11.3. The first-order valence-corrected chi connectivity index (χ1v) is 6.59. The molecule has 3 nitrogen and oxygen atoms in total. The number of nitrogens with one attached hydrogen (secondary N) is 1. The van der Waals surface area contributed by atoms with Gasteiger partial charge >= 0.3 is 0 Å². The van der Waals surface area contributed by atoms with Gasteiger partial charge in [0.1, 0.15) is 5.82 Å². The molecule has 0 radical (unpaired) electrons. The Kier molecular flexibility index (Phi) is 2.83. The van der Waals surface area contributed by atoms with Crippen LogP contribution in [0.3, 0.4) is 0 Å². The fourth-order valence-electron chi connectivity index (χ4n) is 2.04. The van der Waals surface area contributed by atoms with Gasteiger partial charge in [0.05, 0.1) is 5.69 Å². The first-order valence-electron chi connectivity index (χ1n) is 5.78. The summed E-state index contributed by atoms with van der Waals surface area (Å²) in [5, 5.41) is 3.32. The highest BCUT2D eigenvalue weighted by Gasteiger charge is 2.18. The molecule has 0 aliphatic heterocycles. The van der Waals surface area contributed by atoms with E-state index in [-0.39, 0.29) is 5.91 Å². The molecule has 1 aliphatic rings. The van der Waals surface area contributed by atoms with E-state index >= 15 is 0 Å². The molecule has 0 saturated heterocycles. The zero-order chi connectivity index (χ0) is 12.5. The van der Waals surface area contributed by atoms with Gasteiger partial charge in [-0.25, -0.2) is 9.37 Å². The Hall–Kier alpha value is -1.75. The van der Waals surface area contributed by atoms with Crippen LogP contribution in [0.4, 0.5) is 9.52 Å². The topological polar surface area (TPSA) is 42.0 Å². The van der Waals surface area contributed by atoms with E-state index in [4.69, 9.17) is 0 Å². The minimum Gasteiger partial charge on any atom is -0.298 e. The lowest BCUT2D eigenvalue weighted by atomic mass is 10.2. The second-order valence-corrected chi connectivity index (χ2v) is 5.29. The summed E-state index contributed by atoms with van der Waals surface area (Å²) < 4.78 is 13.0. The lowest BCUT2D eigenvalue weighted by Gasteiger charge is -2.01. The lowest BCUT2D eigenvalue weighted by Crippen LogP contribution is -2.11. The molecular weight excluding hydrogens is 251 g/mol. The molecule has 92 valence electrons. The van der Waals surface area contributed by atoms with Gasteiger partial charge in [-0.15, -0.1) is 11.3 Å². The van der Waals surface area contributed by atoms with Gasteiger partial charge < -0.3 is 0 Å². The number of carbonyl (C=O) groups excluding carboxylic acids is 1. The first-order chi connectivity index (χ1) is 8.72. The highest BCUT2D eigenvalue weighted by molar-refractivity contribution is 7.15. The van der Waals surface area contributed by atoms with Gasteiger partial charge in [0, 0.05) is 10.4 Å². The number of halogens is 1. The molecule has 0 fully saturated rings. The van der Waals surface area contributed by atoms with Crippen molar-refractivity contribution in [1.82, 2.24) is 4.98 Å². The van der Waals surface area contributed by atoms with Crippen molar-refractivity contribution in [2.24, 2.45) is 0 Å². The van der Waals surface area contributed by atoms with E-state index in [1.54, 1.807) is 6.07 Å². The Balaban J connectivity index is 1.78. The molecule has 1 aliphatic carbocycles. The molecule has 1 aromatic heterocycles. The summed E-state index contributed by atoms with van der Waals surface area (Å²) in [6.07, 6.45) is 3.18. The summed E-state index contributed by atoms with van der Waals surface area (Å²) in [4.78, 5) is 17.5. The largest absolute Gasteiger partial charge is 0.298 e. The quantitative estimate of drug-likeness (QED) is 0.904. The van der Waals surface area contributed by atoms with E-state index in [0.29, 0.717) is 10.7 Å². The van der Waals surface area contributed by atoms with Crippen LogP contribution in [0.1, 0.15) is 27.3 Å². The average molecular weight is 262 g/mol. The number of benzene rings is 1. The number of amides is 1. The smallest absolute Gasteiger partial charge is 0.257 e. The van der Waals surface area contributed by atoms with Crippen LogP contribution in [0.15, 0.2) is 24.3 Å². The number of fused-ring (bicyclic) bond motifs is 1. The fraction of sp³-hybridized carbons (Fsp3) is 0.231. The summed E-state index contributed by atoms with van der Waals surface area (Å²) in [5.74, 6) is -0.730. The van der Waals surface area contributed by atoms with Crippen molar-refractivity contribution in [2.75, 3.05) is 5.32 Å². The minimum absolute atomic E-state index is 0.311. The van der Waals surface area contributed by atoms with Crippen LogP contribution in [0.2, 0.25) is 0 Å². The summed E-state index contributed by atoms with van der Waals surface area (Å²) in [6, 6.07) is 5.64. The fourth-order valence-corrected chi connectivity index (χ4v) is 3.09. The van der Waals surface area contributed by atoms with E-state index in [0.717, 1.165) is 25.0 Å². The molecule has 2 aromatic rings. The third-order valence-corrected chi connectivity index (χ3v) is 3.98. The molecule has 1 N–H and O–H groups in total. The summed E-state index contributed by atoms with van der Waals surface area (Å²) >= 11 is 1.51. The number of nitrogens with zero attached hydrogens (tertiary/aromatic N) is 1. The summed E-state index contributed by atoms with van der Waals surface area (Å²) in [6.45, 7) is 0. The Morgan fingerprint density at radius 1 is 1.39 bits per heavy atom. The highest BCUT2D eigenvalue weighted by atomic mass is 32.1. The van der Waals surface area contributed by atoms with Crippen LogP contribution in [-0.4, -0.2) is 10.9 Å². The molecule has 3 rings (SSSR count). The maximum absolute atomic E-state index is 13.0. The maximum atomic E-state index is 13.0. The van der Waals surface area contributed by atoms with E-state index in [1.165, 1.54) is 34.4 Å². The summed E-state index contributed by atoms with van der Waals surface area (Å²) in [7, 11) is 0. The van der Waals surface area contributed by atoms with Crippen molar-refractivity contribution in [3.05, 3.63) is 46.2 Å². The SMILES string of the molecule is O=C(Nc1nc2c(s1)CCC2)c1cccc(F)c1. The number of thiazole rings is 1. The normalized spacial score (nSPS) is 13.4. The van der Waals surface area contributed by atoms with Crippen molar-refractivity contribution >= 4 is 22.4 Å². The number of hydrogen-bond acceptors (Lipinski definition) is 3. The standard InChI is InChI=1S/C13H11FN2OS/c14-9-4-1-3-8(7-9)12(17)16-13-15-10-5-2-6-11(10)18-13/h1,3-4,7H,2,5-6H2,(H,15,16,17). The number of carbonyl (C=O) groups is 1. The monoisotopic (exact) mass is 262 g/mol. The average Bonchev–Trinajstić information content (AvgIpc) is 2.89. The van der Waals surface area contributed by atoms with Gasteiger partial charge in [0.25, 0.3) is 5.91 Å². The number of rotatable bonds is 2. The van der Waals surface area contributed by atoms with E-state index in [2.05, 4.69) is 10.3 Å². The van der Waals surface area contributed by atoms with Gasteiger partial charge in [-0.2, -0.15) is 0 Å². The number of aryl methyl sites for hydroxylation is 2. The molecule has 0 unspecified atom stereocenters. The van der Waals surface area contributed by atoms with Crippen LogP contribution < -0.4 is 5.32 Å². The maximum Gasteiger partial charge on any atom is 0.257 e.